The van der Waals surface area contributed by atoms with E-state index in [9.17, 15) is 14.4 Å². The molecule has 0 spiro atoms. The highest BCUT2D eigenvalue weighted by Gasteiger charge is 2.32. The molecule has 2 N–H and O–H groups in total. The molecular formula is C38H55N3O5. The molecule has 3 aromatic rings. The van der Waals surface area contributed by atoms with Crippen LogP contribution in [0.1, 0.15) is 136 Å². The Morgan fingerprint density at radius 2 is 1.46 bits per heavy atom. The van der Waals surface area contributed by atoms with Gasteiger partial charge in [-0.1, -0.05) is 64.3 Å². The molecule has 1 aromatic carbocycles. The number of aryl methyl sites for hydroxylation is 1. The second-order valence-corrected chi connectivity index (χ2v) is 12.4. The van der Waals surface area contributed by atoms with Gasteiger partial charge in [0.2, 0.25) is 5.78 Å². The van der Waals surface area contributed by atoms with Crippen LogP contribution in [0, 0.1) is 0 Å². The van der Waals surface area contributed by atoms with E-state index in [1.54, 1.807) is 29.7 Å². The number of hydrogen-bond donors (Lipinski definition) is 1. The molecule has 0 saturated heterocycles. The van der Waals surface area contributed by atoms with Gasteiger partial charge in [-0.05, 0) is 102 Å². The first-order chi connectivity index (χ1) is 22.2. The molecule has 1 amide bonds. The van der Waals surface area contributed by atoms with Crippen molar-refractivity contribution in [2.24, 2.45) is 5.73 Å². The van der Waals surface area contributed by atoms with Crippen LogP contribution in [-0.4, -0.2) is 59.3 Å². The predicted octanol–water partition coefficient (Wildman–Crippen LogP) is 7.48. The van der Waals surface area contributed by atoms with Crippen molar-refractivity contribution in [2.45, 2.75) is 112 Å². The van der Waals surface area contributed by atoms with Crippen LogP contribution in [0.4, 0.5) is 0 Å². The minimum Gasteiger partial charge on any atom is -0.462 e. The van der Waals surface area contributed by atoms with Crippen molar-refractivity contribution in [3.8, 4) is 0 Å². The first kappa shape index (κ1) is 37.0. The lowest BCUT2D eigenvalue weighted by atomic mass is 9.95. The maximum atomic E-state index is 14.3. The molecular weight excluding hydrogens is 578 g/mol. The minimum atomic E-state index is -1.09. The summed E-state index contributed by atoms with van der Waals surface area (Å²) >= 11 is 0. The van der Waals surface area contributed by atoms with Crippen LogP contribution in [0.3, 0.4) is 0 Å². The molecule has 0 fully saturated rings. The Labute approximate surface area is 275 Å². The fourth-order valence-corrected chi connectivity index (χ4v) is 5.93. The lowest BCUT2D eigenvalue weighted by molar-refractivity contribution is -0.132. The largest absolute Gasteiger partial charge is 0.462 e. The monoisotopic (exact) mass is 633 g/mol. The summed E-state index contributed by atoms with van der Waals surface area (Å²) in [4.78, 5) is 42.5. The number of fused-ring (bicyclic) bond motifs is 1. The Bertz CT molecular complexity index is 1420. The fourth-order valence-electron chi connectivity index (χ4n) is 5.93. The highest BCUT2D eigenvalue weighted by Crippen LogP contribution is 2.35. The van der Waals surface area contributed by atoms with Crippen LogP contribution < -0.4 is 5.73 Å². The Balaban J connectivity index is 2.02. The number of unbranched alkanes of at least 4 members (excludes halogenated alkanes) is 3. The zero-order valence-electron chi connectivity index (χ0n) is 28.9. The summed E-state index contributed by atoms with van der Waals surface area (Å²) in [5.41, 5.74) is 10.3. The number of ether oxygens (including phenoxy) is 2. The van der Waals surface area contributed by atoms with E-state index in [2.05, 4.69) is 25.7 Å². The fraction of sp³-hybridized carbons (Fsp3) is 0.553. The number of esters is 1. The summed E-state index contributed by atoms with van der Waals surface area (Å²) in [6.45, 7) is 15.6. The average Bonchev–Trinajstić information content (AvgIpc) is 3.36. The number of pyridine rings is 1. The zero-order chi connectivity index (χ0) is 33.6. The number of aromatic nitrogens is 1. The standard InChI is InChI=1S/C38H55N3O5/c1-7-11-16-31-33(36(37(39)43)46-27(5)6)32-26-30(38(44)45-10-4)21-25-41(32)34(31)35(42)29-19-17-28(18-20-29)15-14-24-40(22-12-8-2)23-13-9-3/h17-21,25-27,36H,7-16,22-24H2,1-6H3,(H2,39,43). The van der Waals surface area contributed by atoms with Gasteiger partial charge in [0, 0.05) is 17.3 Å². The molecule has 0 bridgehead atoms. The maximum absolute atomic E-state index is 14.3. The van der Waals surface area contributed by atoms with Crippen LogP contribution in [0.25, 0.3) is 5.52 Å². The Morgan fingerprint density at radius 3 is 2.02 bits per heavy atom. The molecule has 2 aromatic heterocycles. The number of rotatable bonds is 21. The van der Waals surface area contributed by atoms with Crippen LogP contribution >= 0.6 is 0 Å². The van der Waals surface area contributed by atoms with Gasteiger partial charge in [0.15, 0.2) is 6.10 Å². The summed E-state index contributed by atoms with van der Waals surface area (Å²) in [6.07, 6.45) is 9.46. The van der Waals surface area contributed by atoms with E-state index in [4.69, 9.17) is 15.2 Å². The third kappa shape index (κ3) is 9.76. The number of nitrogens with two attached hydrogens (primary N) is 1. The molecule has 0 saturated carbocycles. The number of amides is 1. The topological polar surface area (TPSA) is 103 Å². The molecule has 2 heterocycles. The van der Waals surface area contributed by atoms with Gasteiger partial charge in [0.05, 0.1) is 29.5 Å². The van der Waals surface area contributed by atoms with E-state index < -0.39 is 18.0 Å². The number of hydrogen-bond acceptors (Lipinski definition) is 6. The average molecular weight is 634 g/mol. The summed E-state index contributed by atoms with van der Waals surface area (Å²) in [5, 5.41) is 0. The van der Waals surface area contributed by atoms with Gasteiger partial charge in [-0.3, -0.25) is 9.59 Å². The van der Waals surface area contributed by atoms with E-state index in [1.165, 1.54) is 31.2 Å². The molecule has 0 aliphatic carbocycles. The third-order valence-electron chi connectivity index (χ3n) is 8.33. The number of carbonyl (C=O) groups is 3. The number of nitrogens with zero attached hydrogens (tertiary/aromatic N) is 2. The summed E-state index contributed by atoms with van der Waals surface area (Å²) in [7, 11) is 0. The second-order valence-electron chi connectivity index (χ2n) is 12.4. The quantitative estimate of drug-likeness (QED) is 0.0964. The normalized spacial score (nSPS) is 12.3. The number of primary amides is 1. The number of benzene rings is 1. The van der Waals surface area contributed by atoms with Crippen molar-refractivity contribution >= 4 is 23.2 Å². The van der Waals surface area contributed by atoms with Crippen molar-refractivity contribution in [2.75, 3.05) is 26.2 Å². The number of carbonyl (C=O) groups excluding carboxylic acids is 3. The van der Waals surface area contributed by atoms with Crippen LogP contribution in [-0.2, 0) is 27.1 Å². The van der Waals surface area contributed by atoms with Crippen molar-refractivity contribution < 1.29 is 23.9 Å². The van der Waals surface area contributed by atoms with Gasteiger partial charge in [0.25, 0.3) is 5.91 Å². The van der Waals surface area contributed by atoms with Crippen LogP contribution in [0.2, 0.25) is 0 Å². The molecule has 0 aliphatic heterocycles. The molecule has 1 atom stereocenters. The smallest absolute Gasteiger partial charge is 0.338 e. The maximum Gasteiger partial charge on any atom is 0.338 e. The molecule has 252 valence electrons. The minimum absolute atomic E-state index is 0.152. The lowest BCUT2D eigenvalue weighted by Crippen LogP contribution is -2.27. The first-order valence-electron chi connectivity index (χ1n) is 17.3. The van der Waals surface area contributed by atoms with Gasteiger partial charge < -0.3 is 24.5 Å². The summed E-state index contributed by atoms with van der Waals surface area (Å²) in [6, 6.07) is 11.2. The van der Waals surface area contributed by atoms with E-state index in [1.807, 2.05) is 38.1 Å². The van der Waals surface area contributed by atoms with E-state index in [0.717, 1.165) is 50.9 Å². The second kappa shape index (κ2) is 18.6. The SMILES string of the molecule is CCCCc1c(C(OC(C)C)C(N)=O)c2cc(C(=O)OCC)ccn2c1C(=O)c1ccc(CCCN(CCCC)CCCC)cc1. The summed E-state index contributed by atoms with van der Waals surface area (Å²) < 4.78 is 13.1. The van der Waals surface area contributed by atoms with Crippen molar-refractivity contribution in [3.63, 3.8) is 0 Å². The molecule has 0 aliphatic rings. The van der Waals surface area contributed by atoms with E-state index >= 15 is 0 Å². The Kier molecular flexibility index (Phi) is 15.0. The van der Waals surface area contributed by atoms with Gasteiger partial charge >= 0.3 is 5.97 Å². The molecule has 8 heteroatoms. The van der Waals surface area contributed by atoms with Crippen molar-refractivity contribution in [3.05, 3.63) is 76.1 Å². The lowest BCUT2D eigenvalue weighted by Gasteiger charge is -2.21. The predicted molar refractivity (Wildman–Crippen MR) is 185 cm³/mol. The van der Waals surface area contributed by atoms with Crippen LogP contribution in [0.5, 0.6) is 0 Å². The van der Waals surface area contributed by atoms with Gasteiger partial charge in [0.1, 0.15) is 0 Å². The molecule has 3 rings (SSSR count). The highest BCUT2D eigenvalue weighted by molar-refractivity contribution is 6.10. The zero-order valence-corrected chi connectivity index (χ0v) is 28.9. The molecule has 8 nitrogen and oxygen atoms in total. The highest BCUT2D eigenvalue weighted by atomic mass is 16.5. The Morgan fingerprint density at radius 1 is 0.826 bits per heavy atom. The first-order valence-corrected chi connectivity index (χ1v) is 17.3. The third-order valence-corrected chi connectivity index (χ3v) is 8.33. The van der Waals surface area contributed by atoms with Crippen molar-refractivity contribution in [1.82, 2.24) is 9.30 Å². The number of ketones is 1. The Hall–Kier alpha value is -3.49. The van der Waals surface area contributed by atoms with Crippen LogP contribution in [0.15, 0.2) is 42.6 Å². The molecule has 1 unspecified atom stereocenters. The van der Waals surface area contributed by atoms with Gasteiger partial charge in [-0.25, -0.2) is 4.79 Å². The van der Waals surface area contributed by atoms with E-state index in [-0.39, 0.29) is 18.5 Å². The summed E-state index contributed by atoms with van der Waals surface area (Å²) in [5.74, 6) is -1.28. The van der Waals surface area contributed by atoms with Gasteiger partial charge in [-0.2, -0.15) is 0 Å². The van der Waals surface area contributed by atoms with E-state index in [0.29, 0.717) is 34.3 Å². The molecule has 46 heavy (non-hydrogen) atoms. The molecule has 0 radical (unpaired) electrons. The van der Waals surface area contributed by atoms with Crippen molar-refractivity contribution in [1.29, 1.82) is 0 Å². The van der Waals surface area contributed by atoms with Gasteiger partial charge in [-0.15, -0.1) is 0 Å².